The van der Waals surface area contributed by atoms with Crippen molar-refractivity contribution in [3.05, 3.63) is 52.9 Å². The van der Waals surface area contributed by atoms with Gasteiger partial charge in [0.05, 0.1) is 4.90 Å². The van der Waals surface area contributed by atoms with E-state index >= 15 is 0 Å². The number of nitrogens with zero attached hydrogens (tertiary/aromatic N) is 1. The van der Waals surface area contributed by atoms with Crippen LogP contribution in [-0.4, -0.2) is 25.3 Å². The van der Waals surface area contributed by atoms with Crippen LogP contribution in [0, 0.1) is 0 Å². The normalized spacial score (nSPS) is 19.4. The summed E-state index contributed by atoms with van der Waals surface area (Å²) >= 11 is 0. The molecular formula is C15H15NO4S. The zero-order valence-electron chi connectivity index (χ0n) is 11.5. The standard InChI is InChI=1S/C15H15NO4S/c1-2-12-4-3-9-16(12)21(18,19)13-6-7-14-11(10-13)5-8-15(17)20-14/h3-8,10,12H,2,9H2,1H3. The molecule has 1 aliphatic heterocycles. The molecule has 0 amide bonds. The number of benzene rings is 1. The number of hydrogen-bond acceptors (Lipinski definition) is 4. The zero-order valence-corrected chi connectivity index (χ0v) is 12.3. The maximum atomic E-state index is 12.7. The average Bonchev–Trinajstić information content (AvgIpc) is 2.95. The fourth-order valence-corrected chi connectivity index (χ4v) is 4.16. The van der Waals surface area contributed by atoms with Crippen LogP contribution in [0.15, 0.2) is 56.6 Å². The third kappa shape index (κ3) is 2.41. The van der Waals surface area contributed by atoms with Crippen molar-refractivity contribution in [2.75, 3.05) is 6.54 Å². The van der Waals surface area contributed by atoms with Gasteiger partial charge >= 0.3 is 5.63 Å². The minimum absolute atomic E-state index is 0.0978. The lowest BCUT2D eigenvalue weighted by molar-refractivity contribution is 0.403. The van der Waals surface area contributed by atoms with Crippen LogP contribution in [0.1, 0.15) is 13.3 Å². The largest absolute Gasteiger partial charge is 0.423 e. The first-order valence-electron chi connectivity index (χ1n) is 6.75. The lowest BCUT2D eigenvalue weighted by atomic mass is 10.2. The Morgan fingerprint density at radius 1 is 1.29 bits per heavy atom. The van der Waals surface area contributed by atoms with Gasteiger partial charge in [-0.1, -0.05) is 19.1 Å². The molecule has 21 heavy (non-hydrogen) atoms. The Bertz CT molecular complexity index is 867. The molecule has 0 N–H and O–H groups in total. The van der Waals surface area contributed by atoms with Gasteiger partial charge in [0.25, 0.3) is 0 Å². The van der Waals surface area contributed by atoms with Crippen molar-refractivity contribution in [3.63, 3.8) is 0 Å². The van der Waals surface area contributed by atoms with Gasteiger partial charge in [0.15, 0.2) is 0 Å². The molecule has 5 nitrogen and oxygen atoms in total. The van der Waals surface area contributed by atoms with Gasteiger partial charge in [-0.3, -0.25) is 0 Å². The van der Waals surface area contributed by atoms with Crippen molar-refractivity contribution in [2.24, 2.45) is 0 Å². The Morgan fingerprint density at radius 3 is 2.86 bits per heavy atom. The minimum atomic E-state index is -3.55. The van der Waals surface area contributed by atoms with E-state index in [1.165, 1.54) is 22.5 Å². The Morgan fingerprint density at radius 2 is 2.10 bits per heavy atom. The quantitative estimate of drug-likeness (QED) is 0.643. The number of hydrogen-bond donors (Lipinski definition) is 0. The van der Waals surface area contributed by atoms with E-state index in [-0.39, 0.29) is 10.9 Å². The first-order valence-corrected chi connectivity index (χ1v) is 8.19. The summed E-state index contributed by atoms with van der Waals surface area (Å²) in [5, 5.41) is 0.593. The van der Waals surface area contributed by atoms with E-state index in [4.69, 9.17) is 4.42 Å². The van der Waals surface area contributed by atoms with E-state index in [2.05, 4.69) is 0 Å². The lowest BCUT2D eigenvalue weighted by Crippen LogP contribution is -2.35. The third-order valence-corrected chi connectivity index (χ3v) is 5.52. The van der Waals surface area contributed by atoms with E-state index in [1.807, 2.05) is 19.1 Å². The molecule has 0 radical (unpaired) electrons. The summed E-state index contributed by atoms with van der Waals surface area (Å²) in [6.07, 6.45) is 4.52. The number of rotatable bonds is 3. The van der Waals surface area contributed by atoms with Gasteiger partial charge in [0.1, 0.15) is 5.58 Å². The molecule has 0 fully saturated rings. The highest BCUT2D eigenvalue weighted by Gasteiger charge is 2.31. The third-order valence-electron chi connectivity index (χ3n) is 3.63. The molecule has 0 spiro atoms. The highest BCUT2D eigenvalue weighted by molar-refractivity contribution is 7.89. The van der Waals surface area contributed by atoms with Gasteiger partial charge in [-0.2, -0.15) is 4.31 Å². The predicted octanol–water partition coefficient (Wildman–Crippen LogP) is 2.13. The lowest BCUT2D eigenvalue weighted by Gasteiger charge is -2.23. The van der Waals surface area contributed by atoms with Crippen molar-refractivity contribution < 1.29 is 12.8 Å². The van der Waals surface area contributed by atoms with Crippen LogP contribution in [0.4, 0.5) is 0 Å². The van der Waals surface area contributed by atoms with Crippen LogP contribution >= 0.6 is 0 Å². The van der Waals surface area contributed by atoms with Gasteiger partial charge in [-0.15, -0.1) is 0 Å². The molecule has 1 unspecified atom stereocenters. The van der Waals surface area contributed by atoms with Crippen molar-refractivity contribution in [2.45, 2.75) is 24.3 Å². The molecule has 2 aromatic rings. The molecule has 110 valence electrons. The van der Waals surface area contributed by atoms with Crippen LogP contribution in [0.3, 0.4) is 0 Å². The topological polar surface area (TPSA) is 67.6 Å². The van der Waals surface area contributed by atoms with Gasteiger partial charge in [0, 0.05) is 24.0 Å². The Labute approximate surface area is 122 Å². The van der Waals surface area contributed by atoms with Gasteiger partial charge < -0.3 is 4.42 Å². The first kappa shape index (κ1) is 14.0. The second-order valence-electron chi connectivity index (χ2n) is 4.93. The second-order valence-corrected chi connectivity index (χ2v) is 6.82. The van der Waals surface area contributed by atoms with Crippen LogP contribution in [0.2, 0.25) is 0 Å². The Hall–Kier alpha value is -1.92. The molecule has 1 aromatic heterocycles. The van der Waals surface area contributed by atoms with Crippen molar-refractivity contribution >= 4 is 21.0 Å². The molecule has 1 atom stereocenters. The minimum Gasteiger partial charge on any atom is -0.423 e. The smallest absolute Gasteiger partial charge is 0.336 e. The SMILES string of the molecule is CCC1C=CCN1S(=O)(=O)c1ccc2oc(=O)ccc2c1. The molecule has 0 bridgehead atoms. The number of fused-ring (bicyclic) bond motifs is 1. The molecule has 6 heteroatoms. The molecule has 0 aliphatic carbocycles. The summed E-state index contributed by atoms with van der Waals surface area (Å²) < 4.78 is 31.9. The highest BCUT2D eigenvalue weighted by atomic mass is 32.2. The predicted molar refractivity (Wildman–Crippen MR) is 79.6 cm³/mol. The molecule has 1 aromatic carbocycles. The Balaban J connectivity index is 2.07. The molecule has 2 heterocycles. The Kier molecular flexibility index (Phi) is 3.43. The van der Waals surface area contributed by atoms with Crippen LogP contribution in [0.25, 0.3) is 11.0 Å². The summed E-state index contributed by atoms with van der Waals surface area (Å²) in [4.78, 5) is 11.4. The summed E-state index contributed by atoms with van der Waals surface area (Å²) in [7, 11) is -3.55. The van der Waals surface area contributed by atoms with Crippen LogP contribution in [0.5, 0.6) is 0 Å². The fourth-order valence-electron chi connectivity index (χ4n) is 2.52. The summed E-state index contributed by atoms with van der Waals surface area (Å²) in [5.41, 5.74) is -0.0686. The maximum Gasteiger partial charge on any atom is 0.336 e. The van der Waals surface area contributed by atoms with Crippen molar-refractivity contribution in [1.82, 2.24) is 4.31 Å². The monoisotopic (exact) mass is 305 g/mol. The highest BCUT2D eigenvalue weighted by Crippen LogP contribution is 2.26. The van der Waals surface area contributed by atoms with Gasteiger partial charge in [-0.05, 0) is 30.7 Å². The summed E-state index contributed by atoms with van der Waals surface area (Å²) in [6.45, 7) is 2.35. The molecule has 3 rings (SSSR count). The molecular weight excluding hydrogens is 290 g/mol. The zero-order chi connectivity index (χ0) is 15.0. The molecule has 0 saturated carbocycles. The fraction of sp³-hybridized carbons (Fsp3) is 0.267. The summed E-state index contributed by atoms with van der Waals surface area (Å²) in [5.74, 6) is 0. The van der Waals surface area contributed by atoms with Gasteiger partial charge in [-0.25, -0.2) is 13.2 Å². The average molecular weight is 305 g/mol. The van der Waals surface area contributed by atoms with Crippen molar-refractivity contribution in [3.8, 4) is 0 Å². The van der Waals surface area contributed by atoms with Crippen LogP contribution < -0.4 is 5.63 Å². The van der Waals surface area contributed by atoms with Gasteiger partial charge in [0.2, 0.25) is 10.0 Å². The maximum absolute atomic E-state index is 12.7. The van der Waals surface area contributed by atoms with Crippen LogP contribution in [-0.2, 0) is 10.0 Å². The van der Waals surface area contributed by atoms with E-state index < -0.39 is 15.6 Å². The van der Waals surface area contributed by atoms with Crippen molar-refractivity contribution in [1.29, 1.82) is 0 Å². The van der Waals surface area contributed by atoms with E-state index in [0.29, 0.717) is 17.5 Å². The second kappa shape index (κ2) is 5.13. The number of sulfonamides is 1. The van der Waals surface area contributed by atoms with E-state index in [9.17, 15) is 13.2 Å². The molecule has 0 saturated heterocycles. The first-order chi connectivity index (χ1) is 10.0. The summed E-state index contributed by atoms with van der Waals surface area (Å²) in [6, 6.07) is 7.29. The van der Waals surface area contributed by atoms with E-state index in [0.717, 1.165) is 6.42 Å². The molecule has 1 aliphatic rings. The van der Waals surface area contributed by atoms with E-state index in [1.54, 1.807) is 12.1 Å².